The molecule has 1 saturated heterocycles. The normalized spacial score (nSPS) is 18.8. The molecular formula is C23H24N2O3. The van der Waals surface area contributed by atoms with Crippen molar-refractivity contribution in [3.63, 3.8) is 0 Å². The molecule has 1 aliphatic heterocycles. The second kappa shape index (κ2) is 8.09. The summed E-state index contributed by atoms with van der Waals surface area (Å²) in [6.07, 6.45) is 0. The van der Waals surface area contributed by atoms with Gasteiger partial charge in [0.15, 0.2) is 0 Å². The minimum absolute atomic E-state index is 0.00458. The van der Waals surface area contributed by atoms with E-state index in [1.165, 1.54) is 0 Å². The zero-order chi connectivity index (χ0) is 19.5. The van der Waals surface area contributed by atoms with Crippen LogP contribution in [-0.4, -0.2) is 49.3 Å². The number of hydrogen-bond acceptors (Lipinski definition) is 5. The van der Waals surface area contributed by atoms with E-state index in [0.717, 1.165) is 29.9 Å². The van der Waals surface area contributed by atoms with Crippen LogP contribution in [0.4, 0.5) is 0 Å². The van der Waals surface area contributed by atoms with Crippen molar-refractivity contribution < 1.29 is 14.3 Å². The number of nitrogens with one attached hydrogen (secondary N) is 1. The fourth-order valence-corrected chi connectivity index (χ4v) is 3.77. The molecular weight excluding hydrogens is 352 g/mol. The van der Waals surface area contributed by atoms with Crippen molar-refractivity contribution in [2.75, 3.05) is 32.8 Å². The molecule has 0 bridgehead atoms. The highest BCUT2D eigenvalue weighted by molar-refractivity contribution is 6.52. The Morgan fingerprint density at radius 3 is 2.29 bits per heavy atom. The summed E-state index contributed by atoms with van der Waals surface area (Å²) in [5, 5.41) is 3.53. The van der Waals surface area contributed by atoms with Gasteiger partial charge in [0.1, 0.15) is 0 Å². The van der Waals surface area contributed by atoms with Gasteiger partial charge in [0.05, 0.1) is 18.9 Å². The Bertz CT molecular complexity index is 914. The van der Waals surface area contributed by atoms with Crippen LogP contribution in [0.1, 0.15) is 34.5 Å². The summed E-state index contributed by atoms with van der Waals surface area (Å²) < 4.78 is 5.42. The van der Waals surface area contributed by atoms with Crippen LogP contribution in [0.2, 0.25) is 0 Å². The number of ether oxygens (including phenoxy) is 1. The molecule has 0 aromatic heterocycles. The SMILES string of the molecule is CC(NC1=C(CN2CCOCC2)C(=O)C(=O)c2ccccc21)c1ccccc1. The van der Waals surface area contributed by atoms with E-state index in [0.29, 0.717) is 30.9 Å². The van der Waals surface area contributed by atoms with Crippen LogP contribution in [0.25, 0.3) is 5.70 Å². The van der Waals surface area contributed by atoms with E-state index in [1.54, 1.807) is 12.1 Å². The molecule has 5 nitrogen and oxygen atoms in total. The number of fused-ring (bicyclic) bond motifs is 1. The lowest BCUT2D eigenvalue weighted by Gasteiger charge is -2.31. The summed E-state index contributed by atoms with van der Waals surface area (Å²) in [5.74, 6) is -0.829. The number of carbonyl (C=O) groups is 2. The van der Waals surface area contributed by atoms with Crippen LogP contribution in [0.5, 0.6) is 0 Å². The third kappa shape index (κ3) is 3.63. The lowest BCUT2D eigenvalue weighted by molar-refractivity contribution is -0.112. The molecule has 0 spiro atoms. The van der Waals surface area contributed by atoms with Gasteiger partial charge in [-0.05, 0) is 12.5 Å². The summed E-state index contributed by atoms with van der Waals surface area (Å²) >= 11 is 0. The van der Waals surface area contributed by atoms with Gasteiger partial charge in [0.25, 0.3) is 0 Å². The van der Waals surface area contributed by atoms with E-state index in [1.807, 2.05) is 30.3 Å². The maximum Gasteiger partial charge on any atom is 0.233 e. The van der Waals surface area contributed by atoms with Crippen LogP contribution in [-0.2, 0) is 9.53 Å². The highest BCUT2D eigenvalue weighted by Crippen LogP contribution is 2.30. The predicted molar refractivity (Wildman–Crippen MR) is 108 cm³/mol. The first kappa shape index (κ1) is 18.6. The van der Waals surface area contributed by atoms with Gasteiger partial charge in [0.2, 0.25) is 11.6 Å². The van der Waals surface area contributed by atoms with Crippen molar-refractivity contribution in [3.8, 4) is 0 Å². The van der Waals surface area contributed by atoms with Gasteiger partial charge >= 0.3 is 0 Å². The van der Waals surface area contributed by atoms with E-state index in [9.17, 15) is 9.59 Å². The lowest BCUT2D eigenvalue weighted by atomic mass is 9.86. The highest BCUT2D eigenvalue weighted by atomic mass is 16.5. The first-order valence-corrected chi connectivity index (χ1v) is 9.68. The Hall–Kier alpha value is -2.76. The van der Waals surface area contributed by atoms with E-state index < -0.39 is 11.6 Å². The largest absolute Gasteiger partial charge is 0.379 e. The molecule has 1 unspecified atom stereocenters. The number of ketones is 2. The molecule has 1 N–H and O–H groups in total. The summed E-state index contributed by atoms with van der Waals surface area (Å²) in [5.41, 5.74) is 3.72. The van der Waals surface area contributed by atoms with Gasteiger partial charge in [-0.15, -0.1) is 0 Å². The molecule has 1 aliphatic carbocycles. The summed E-state index contributed by atoms with van der Waals surface area (Å²) in [6.45, 7) is 5.33. The number of nitrogens with zero attached hydrogens (tertiary/aromatic N) is 1. The molecule has 0 amide bonds. The van der Waals surface area contributed by atoms with Gasteiger partial charge in [-0.2, -0.15) is 0 Å². The smallest absolute Gasteiger partial charge is 0.233 e. The van der Waals surface area contributed by atoms with Gasteiger partial charge in [-0.25, -0.2) is 0 Å². The van der Waals surface area contributed by atoms with E-state index >= 15 is 0 Å². The molecule has 2 aromatic rings. The number of morpholine rings is 1. The minimum atomic E-state index is -0.420. The fraction of sp³-hybridized carbons (Fsp3) is 0.304. The molecule has 1 fully saturated rings. The van der Waals surface area contributed by atoms with Crippen molar-refractivity contribution in [2.45, 2.75) is 13.0 Å². The first-order chi connectivity index (χ1) is 13.6. The highest BCUT2D eigenvalue weighted by Gasteiger charge is 2.34. The van der Waals surface area contributed by atoms with E-state index in [-0.39, 0.29) is 6.04 Å². The molecule has 4 rings (SSSR count). The van der Waals surface area contributed by atoms with Crippen molar-refractivity contribution in [1.82, 2.24) is 10.2 Å². The van der Waals surface area contributed by atoms with Gasteiger partial charge in [-0.3, -0.25) is 14.5 Å². The van der Waals surface area contributed by atoms with Crippen LogP contribution in [0, 0.1) is 0 Å². The Kier molecular flexibility index (Phi) is 5.37. The fourth-order valence-electron chi connectivity index (χ4n) is 3.77. The summed E-state index contributed by atoms with van der Waals surface area (Å²) in [7, 11) is 0. The van der Waals surface area contributed by atoms with Gasteiger partial charge in [0, 0.05) is 42.4 Å². The maximum atomic E-state index is 13.0. The van der Waals surface area contributed by atoms with Crippen molar-refractivity contribution >= 4 is 17.3 Å². The monoisotopic (exact) mass is 376 g/mol. The standard InChI is InChI=1S/C23H24N2O3/c1-16(17-7-3-2-4-8-17)24-21-18-9-5-6-10-19(18)22(26)23(27)20(21)15-25-11-13-28-14-12-25/h2-10,16,24H,11-15H2,1H3. The zero-order valence-electron chi connectivity index (χ0n) is 16.0. The molecule has 2 aromatic carbocycles. The molecule has 28 heavy (non-hydrogen) atoms. The second-order valence-corrected chi connectivity index (χ2v) is 7.22. The Labute approximate surface area is 165 Å². The second-order valence-electron chi connectivity index (χ2n) is 7.22. The maximum absolute atomic E-state index is 13.0. The van der Waals surface area contributed by atoms with Crippen molar-refractivity contribution in [1.29, 1.82) is 0 Å². The Morgan fingerprint density at radius 2 is 1.57 bits per heavy atom. The molecule has 0 radical (unpaired) electrons. The van der Waals surface area contributed by atoms with Gasteiger partial charge < -0.3 is 10.1 Å². The molecule has 0 saturated carbocycles. The topological polar surface area (TPSA) is 58.6 Å². The third-order valence-electron chi connectivity index (χ3n) is 5.37. The Balaban J connectivity index is 1.74. The molecule has 2 aliphatic rings. The average Bonchev–Trinajstić information content (AvgIpc) is 2.75. The molecule has 5 heteroatoms. The van der Waals surface area contributed by atoms with Crippen molar-refractivity contribution in [2.24, 2.45) is 0 Å². The predicted octanol–water partition coefficient (Wildman–Crippen LogP) is 2.85. The number of benzene rings is 2. The molecule has 1 atom stereocenters. The van der Waals surface area contributed by atoms with Crippen LogP contribution >= 0.6 is 0 Å². The number of hydrogen-bond donors (Lipinski definition) is 1. The quantitative estimate of drug-likeness (QED) is 0.814. The minimum Gasteiger partial charge on any atom is -0.379 e. The van der Waals surface area contributed by atoms with E-state index in [4.69, 9.17) is 4.74 Å². The van der Waals surface area contributed by atoms with Crippen LogP contribution < -0.4 is 5.32 Å². The van der Waals surface area contributed by atoms with Crippen LogP contribution in [0.15, 0.2) is 60.2 Å². The third-order valence-corrected chi connectivity index (χ3v) is 5.37. The Morgan fingerprint density at radius 1 is 0.929 bits per heavy atom. The number of rotatable bonds is 5. The average molecular weight is 376 g/mol. The first-order valence-electron chi connectivity index (χ1n) is 9.68. The van der Waals surface area contributed by atoms with Crippen molar-refractivity contribution in [3.05, 3.63) is 76.9 Å². The lowest BCUT2D eigenvalue weighted by Crippen LogP contribution is -2.41. The van der Waals surface area contributed by atoms with E-state index in [2.05, 4.69) is 29.3 Å². The summed E-state index contributed by atoms with van der Waals surface area (Å²) in [6, 6.07) is 17.5. The summed E-state index contributed by atoms with van der Waals surface area (Å²) in [4.78, 5) is 27.9. The van der Waals surface area contributed by atoms with Crippen LogP contribution in [0.3, 0.4) is 0 Å². The molecule has 1 heterocycles. The van der Waals surface area contributed by atoms with Gasteiger partial charge in [-0.1, -0.05) is 54.6 Å². The number of carbonyl (C=O) groups excluding carboxylic acids is 2. The molecule has 144 valence electrons. The zero-order valence-corrected chi connectivity index (χ0v) is 16.0. The number of Topliss-reactive ketones (excluding diaryl/α,β-unsaturated/α-hetero) is 2.